The molecule has 2 rings (SSSR count). The maximum Gasteiger partial charge on any atom is 0.261 e. The van der Waals surface area contributed by atoms with Crippen molar-refractivity contribution in [2.45, 2.75) is 45.6 Å². The number of hydrogen-bond donors (Lipinski definition) is 1. The molecule has 0 fully saturated rings. The van der Waals surface area contributed by atoms with Gasteiger partial charge in [-0.2, -0.15) is 0 Å². The zero-order chi connectivity index (χ0) is 21.8. The second-order valence-electron chi connectivity index (χ2n) is 7.13. The molecule has 5 nitrogen and oxygen atoms in total. The topological polar surface area (TPSA) is 58.6 Å². The predicted octanol–water partition coefficient (Wildman–Crippen LogP) is 3.97. The largest absolute Gasteiger partial charge is 0.484 e. The maximum absolute atomic E-state index is 13.1. The van der Waals surface area contributed by atoms with Crippen LogP contribution in [0, 0.1) is 5.82 Å². The highest BCUT2D eigenvalue weighted by molar-refractivity contribution is 5.88. The summed E-state index contributed by atoms with van der Waals surface area (Å²) < 4.78 is 18.6. The van der Waals surface area contributed by atoms with E-state index in [0.29, 0.717) is 31.7 Å². The second-order valence-corrected chi connectivity index (χ2v) is 7.13. The van der Waals surface area contributed by atoms with Crippen LogP contribution < -0.4 is 10.1 Å². The van der Waals surface area contributed by atoms with Crippen LogP contribution in [0.2, 0.25) is 0 Å². The van der Waals surface area contributed by atoms with Crippen LogP contribution >= 0.6 is 0 Å². The third-order valence-corrected chi connectivity index (χ3v) is 4.88. The van der Waals surface area contributed by atoms with Gasteiger partial charge in [-0.15, -0.1) is 0 Å². The molecule has 0 aliphatic heterocycles. The normalized spacial score (nSPS) is 11.6. The summed E-state index contributed by atoms with van der Waals surface area (Å²) in [6.07, 6.45) is 3.03. The molecule has 0 aromatic heterocycles. The Bertz CT molecular complexity index is 781. The van der Waals surface area contributed by atoms with Crippen LogP contribution in [0.15, 0.2) is 54.6 Å². The SMILES string of the molecule is CCCCNC(=O)[C@@H](CC)N(CCc1ccccc1)C(=O)COc1ccc(F)cc1. The molecule has 0 radical (unpaired) electrons. The Morgan fingerprint density at radius 1 is 1.07 bits per heavy atom. The minimum Gasteiger partial charge on any atom is -0.484 e. The number of halogens is 1. The van der Waals surface area contributed by atoms with Crippen LogP contribution in [0.5, 0.6) is 5.75 Å². The van der Waals surface area contributed by atoms with Gasteiger partial charge in [-0.05, 0) is 49.1 Å². The van der Waals surface area contributed by atoms with Gasteiger partial charge in [0, 0.05) is 13.1 Å². The van der Waals surface area contributed by atoms with Gasteiger partial charge < -0.3 is 15.0 Å². The second kappa shape index (κ2) is 12.6. The van der Waals surface area contributed by atoms with Gasteiger partial charge in [0.2, 0.25) is 5.91 Å². The molecule has 0 spiro atoms. The lowest BCUT2D eigenvalue weighted by Crippen LogP contribution is -2.51. The Morgan fingerprint density at radius 3 is 2.40 bits per heavy atom. The third kappa shape index (κ3) is 7.50. The number of nitrogens with zero attached hydrogens (tertiary/aromatic N) is 1. The van der Waals surface area contributed by atoms with E-state index in [1.165, 1.54) is 24.3 Å². The molecule has 0 unspecified atom stereocenters. The van der Waals surface area contributed by atoms with E-state index < -0.39 is 6.04 Å². The van der Waals surface area contributed by atoms with E-state index in [1.54, 1.807) is 4.90 Å². The van der Waals surface area contributed by atoms with Crippen molar-refractivity contribution in [3.63, 3.8) is 0 Å². The van der Waals surface area contributed by atoms with Crippen LogP contribution in [-0.2, 0) is 16.0 Å². The van der Waals surface area contributed by atoms with Gasteiger partial charge in [-0.1, -0.05) is 50.6 Å². The first kappa shape index (κ1) is 23.4. The van der Waals surface area contributed by atoms with E-state index in [9.17, 15) is 14.0 Å². The molecule has 6 heteroatoms. The molecule has 1 atom stereocenters. The summed E-state index contributed by atoms with van der Waals surface area (Å²) >= 11 is 0. The molecular weight excluding hydrogens is 383 g/mol. The number of carbonyl (C=O) groups is 2. The average molecular weight is 415 g/mol. The fourth-order valence-electron chi connectivity index (χ4n) is 3.16. The number of nitrogens with one attached hydrogen (secondary N) is 1. The van der Waals surface area contributed by atoms with Crippen molar-refractivity contribution in [2.24, 2.45) is 0 Å². The van der Waals surface area contributed by atoms with Crippen LogP contribution in [0.4, 0.5) is 4.39 Å². The molecule has 30 heavy (non-hydrogen) atoms. The quantitative estimate of drug-likeness (QED) is 0.535. The zero-order valence-electron chi connectivity index (χ0n) is 17.8. The summed E-state index contributed by atoms with van der Waals surface area (Å²) in [6.45, 7) is 4.76. The average Bonchev–Trinajstić information content (AvgIpc) is 2.76. The number of amides is 2. The Hall–Kier alpha value is -2.89. The molecule has 162 valence electrons. The Labute approximate surface area is 178 Å². The molecule has 0 bridgehead atoms. The number of benzene rings is 2. The summed E-state index contributed by atoms with van der Waals surface area (Å²) in [4.78, 5) is 27.3. The van der Waals surface area contributed by atoms with E-state index >= 15 is 0 Å². The van der Waals surface area contributed by atoms with Crippen molar-refractivity contribution in [1.29, 1.82) is 0 Å². The highest BCUT2D eigenvalue weighted by Gasteiger charge is 2.28. The van der Waals surface area contributed by atoms with Crippen molar-refractivity contribution < 1.29 is 18.7 Å². The van der Waals surface area contributed by atoms with Crippen LogP contribution in [-0.4, -0.2) is 42.5 Å². The fraction of sp³-hybridized carbons (Fsp3) is 0.417. The first-order chi connectivity index (χ1) is 14.5. The molecule has 0 aliphatic rings. The van der Waals surface area contributed by atoms with Crippen LogP contribution in [0.3, 0.4) is 0 Å². The standard InChI is InChI=1S/C24H31FN2O3/c1-3-5-16-26-24(29)22(4-2)27(17-15-19-9-7-6-8-10-19)23(28)18-30-21-13-11-20(25)12-14-21/h6-14,22H,3-5,15-18H2,1-2H3,(H,26,29)/t22-/m1/s1. The van der Waals surface area contributed by atoms with Gasteiger partial charge in [-0.3, -0.25) is 9.59 Å². The molecule has 2 amide bonds. The number of carbonyl (C=O) groups excluding carboxylic acids is 2. The van der Waals surface area contributed by atoms with Gasteiger partial charge in [0.15, 0.2) is 6.61 Å². The number of hydrogen-bond acceptors (Lipinski definition) is 3. The van der Waals surface area contributed by atoms with Gasteiger partial charge in [-0.25, -0.2) is 4.39 Å². The van der Waals surface area contributed by atoms with E-state index in [2.05, 4.69) is 12.2 Å². The van der Waals surface area contributed by atoms with Gasteiger partial charge in [0.25, 0.3) is 5.91 Å². The van der Waals surface area contributed by atoms with E-state index in [-0.39, 0.29) is 24.2 Å². The highest BCUT2D eigenvalue weighted by Crippen LogP contribution is 2.13. The Kier molecular flexibility index (Phi) is 9.84. The van der Waals surface area contributed by atoms with Crippen molar-refractivity contribution in [3.8, 4) is 5.75 Å². The predicted molar refractivity (Wildman–Crippen MR) is 116 cm³/mol. The lowest BCUT2D eigenvalue weighted by Gasteiger charge is -2.30. The third-order valence-electron chi connectivity index (χ3n) is 4.88. The maximum atomic E-state index is 13.1. The number of ether oxygens (including phenoxy) is 1. The van der Waals surface area contributed by atoms with E-state index in [0.717, 1.165) is 18.4 Å². The number of unbranched alkanes of at least 4 members (excludes halogenated alkanes) is 1. The summed E-state index contributed by atoms with van der Waals surface area (Å²) in [6, 6.07) is 14.8. The van der Waals surface area contributed by atoms with Gasteiger partial charge >= 0.3 is 0 Å². The molecule has 0 saturated heterocycles. The highest BCUT2D eigenvalue weighted by atomic mass is 19.1. The van der Waals surface area contributed by atoms with Crippen LogP contribution in [0.25, 0.3) is 0 Å². The number of rotatable bonds is 12. The van der Waals surface area contributed by atoms with E-state index in [1.807, 2.05) is 37.3 Å². The minimum atomic E-state index is -0.560. The molecule has 0 saturated carbocycles. The summed E-state index contributed by atoms with van der Waals surface area (Å²) in [5.74, 6) is -0.372. The molecule has 1 N–H and O–H groups in total. The van der Waals surface area contributed by atoms with Crippen molar-refractivity contribution >= 4 is 11.8 Å². The van der Waals surface area contributed by atoms with Crippen LogP contribution in [0.1, 0.15) is 38.7 Å². The summed E-state index contributed by atoms with van der Waals surface area (Å²) in [7, 11) is 0. The van der Waals surface area contributed by atoms with Crippen molar-refractivity contribution in [2.75, 3.05) is 19.7 Å². The Balaban J connectivity index is 2.08. The van der Waals surface area contributed by atoms with Gasteiger partial charge in [0.1, 0.15) is 17.6 Å². The van der Waals surface area contributed by atoms with Gasteiger partial charge in [0.05, 0.1) is 0 Å². The lowest BCUT2D eigenvalue weighted by atomic mass is 10.1. The Morgan fingerprint density at radius 2 is 1.77 bits per heavy atom. The molecular formula is C24H31FN2O3. The minimum absolute atomic E-state index is 0.144. The van der Waals surface area contributed by atoms with E-state index in [4.69, 9.17) is 4.74 Å². The molecule has 2 aromatic rings. The molecule has 2 aromatic carbocycles. The van der Waals surface area contributed by atoms with Crippen molar-refractivity contribution in [1.82, 2.24) is 10.2 Å². The molecule has 0 aliphatic carbocycles. The summed E-state index contributed by atoms with van der Waals surface area (Å²) in [5, 5.41) is 2.93. The fourth-order valence-corrected chi connectivity index (χ4v) is 3.16. The summed E-state index contributed by atoms with van der Waals surface area (Å²) in [5.41, 5.74) is 1.09. The molecule has 0 heterocycles. The zero-order valence-corrected chi connectivity index (χ0v) is 17.8. The smallest absolute Gasteiger partial charge is 0.261 e. The first-order valence-electron chi connectivity index (χ1n) is 10.5. The van der Waals surface area contributed by atoms with Crippen molar-refractivity contribution in [3.05, 3.63) is 66.0 Å². The monoisotopic (exact) mass is 414 g/mol. The lowest BCUT2D eigenvalue weighted by molar-refractivity contribution is -0.142. The first-order valence-corrected chi connectivity index (χ1v) is 10.5.